The summed E-state index contributed by atoms with van der Waals surface area (Å²) < 4.78 is 5.40. The first-order valence-corrected chi connectivity index (χ1v) is 6.82. The zero-order valence-electron chi connectivity index (χ0n) is 10.9. The van der Waals surface area contributed by atoms with Gasteiger partial charge in [-0.1, -0.05) is 0 Å². The Morgan fingerprint density at radius 1 is 1.33 bits per heavy atom. The summed E-state index contributed by atoms with van der Waals surface area (Å²) in [6.07, 6.45) is 0. The Hall–Kier alpha value is -1.62. The van der Waals surface area contributed by atoms with Crippen molar-refractivity contribution in [3.05, 3.63) is 33.8 Å². The van der Waals surface area contributed by atoms with E-state index in [1.165, 1.54) is 10.4 Å². The first-order valence-electron chi connectivity index (χ1n) is 5.94. The molecule has 2 rings (SSSR count). The van der Waals surface area contributed by atoms with E-state index in [2.05, 4.69) is 33.7 Å². The standard InChI is InChI=1S/C13H17N3OS/c1-4-17-13-7-12(15-10(3)16-13)14-8-11-9(2)5-6-18-11/h5-7H,4,8H2,1-3H3,(H,14,15,16). The van der Waals surface area contributed by atoms with Gasteiger partial charge >= 0.3 is 0 Å². The molecule has 2 aromatic rings. The van der Waals surface area contributed by atoms with Crippen LogP contribution in [0.2, 0.25) is 0 Å². The molecule has 0 aliphatic rings. The van der Waals surface area contributed by atoms with Crippen molar-refractivity contribution in [1.29, 1.82) is 0 Å². The van der Waals surface area contributed by atoms with E-state index >= 15 is 0 Å². The average molecular weight is 263 g/mol. The zero-order chi connectivity index (χ0) is 13.0. The number of nitrogens with zero attached hydrogens (tertiary/aromatic N) is 2. The summed E-state index contributed by atoms with van der Waals surface area (Å²) in [7, 11) is 0. The fourth-order valence-corrected chi connectivity index (χ4v) is 2.45. The van der Waals surface area contributed by atoms with Gasteiger partial charge in [-0.3, -0.25) is 0 Å². The minimum absolute atomic E-state index is 0.611. The highest BCUT2D eigenvalue weighted by molar-refractivity contribution is 7.10. The lowest BCUT2D eigenvalue weighted by Gasteiger charge is -2.08. The molecule has 0 aliphatic heterocycles. The maximum atomic E-state index is 5.40. The second kappa shape index (κ2) is 5.82. The second-order valence-corrected chi connectivity index (χ2v) is 4.95. The number of hydrogen-bond donors (Lipinski definition) is 1. The molecule has 5 heteroatoms. The van der Waals surface area contributed by atoms with Crippen molar-refractivity contribution in [2.45, 2.75) is 27.3 Å². The van der Waals surface area contributed by atoms with Crippen LogP contribution in [0.4, 0.5) is 5.82 Å². The molecule has 96 valence electrons. The van der Waals surface area contributed by atoms with Crippen LogP contribution in [0.1, 0.15) is 23.2 Å². The predicted octanol–water partition coefficient (Wildman–Crippen LogP) is 3.17. The highest BCUT2D eigenvalue weighted by atomic mass is 32.1. The molecule has 0 fully saturated rings. The molecule has 2 aromatic heterocycles. The molecule has 0 amide bonds. The lowest BCUT2D eigenvalue weighted by Crippen LogP contribution is -2.04. The average Bonchev–Trinajstić information content (AvgIpc) is 2.72. The van der Waals surface area contributed by atoms with E-state index in [0.717, 1.165) is 12.4 Å². The van der Waals surface area contributed by atoms with Gasteiger partial charge in [-0.05, 0) is 37.8 Å². The summed E-state index contributed by atoms with van der Waals surface area (Å²) in [5.74, 6) is 2.14. The van der Waals surface area contributed by atoms with Crippen LogP contribution < -0.4 is 10.1 Å². The van der Waals surface area contributed by atoms with Gasteiger partial charge in [0.25, 0.3) is 0 Å². The molecule has 0 aromatic carbocycles. The monoisotopic (exact) mass is 263 g/mol. The molecule has 0 atom stereocenters. The lowest BCUT2D eigenvalue weighted by atomic mass is 10.3. The van der Waals surface area contributed by atoms with Gasteiger partial charge in [0.1, 0.15) is 11.6 Å². The number of aryl methyl sites for hydroxylation is 2. The summed E-state index contributed by atoms with van der Waals surface area (Å²) in [5, 5.41) is 5.41. The van der Waals surface area contributed by atoms with Crippen molar-refractivity contribution in [3.8, 4) is 5.88 Å². The van der Waals surface area contributed by atoms with E-state index in [-0.39, 0.29) is 0 Å². The Morgan fingerprint density at radius 3 is 2.83 bits per heavy atom. The van der Waals surface area contributed by atoms with E-state index in [1.807, 2.05) is 19.9 Å². The zero-order valence-corrected chi connectivity index (χ0v) is 11.7. The Labute approximate surface area is 111 Å². The first-order chi connectivity index (χ1) is 8.69. The number of anilines is 1. The molecule has 0 bridgehead atoms. The van der Waals surface area contributed by atoms with Gasteiger partial charge < -0.3 is 10.1 Å². The Bertz CT molecular complexity index is 525. The first kappa shape index (κ1) is 12.8. The van der Waals surface area contributed by atoms with E-state index in [4.69, 9.17) is 4.74 Å². The molecule has 0 radical (unpaired) electrons. The van der Waals surface area contributed by atoms with Crippen LogP contribution in [0.15, 0.2) is 17.5 Å². The molecule has 0 unspecified atom stereocenters. The number of rotatable bonds is 5. The third-order valence-corrected chi connectivity index (χ3v) is 3.53. The van der Waals surface area contributed by atoms with E-state index in [0.29, 0.717) is 18.3 Å². The third kappa shape index (κ3) is 3.20. The summed E-state index contributed by atoms with van der Waals surface area (Å²) in [4.78, 5) is 9.89. The van der Waals surface area contributed by atoms with E-state index in [9.17, 15) is 0 Å². The topological polar surface area (TPSA) is 47.0 Å². The van der Waals surface area contributed by atoms with Crippen LogP contribution in [0.5, 0.6) is 5.88 Å². The van der Waals surface area contributed by atoms with Crippen molar-refractivity contribution in [1.82, 2.24) is 9.97 Å². The highest BCUT2D eigenvalue weighted by Crippen LogP contribution is 2.18. The molecular weight excluding hydrogens is 246 g/mol. The van der Waals surface area contributed by atoms with Crippen molar-refractivity contribution in [2.75, 3.05) is 11.9 Å². The molecule has 18 heavy (non-hydrogen) atoms. The second-order valence-electron chi connectivity index (χ2n) is 3.95. The molecule has 4 nitrogen and oxygen atoms in total. The number of nitrogens with one attached hydrogen (secondary N) is 1. The smallest absolute Gasteiger partial charge is 0.218 e. The van der Waals surface area contributed by atoms with E-state index < -0.39 is 0 Å². The van der Waals surface area contributed by atoms with Gasteiger partial charge in [-0.25, -0.2) is 4.98 Å². The predicted molar refractivity (Wildman–Crippen MR) is 74.3 cm³/mol. The molecular formula is C13H17N3OS. The lowest BCUT2D eigenvalue weighted by molar-refractivity contribution is 0.325. The van der Waals surface area contributed by atoms with Crippen LogP contribution in [0.25, 0.3) is 0 Å². The maximum Gasteiger partial charge on any atom is 0.218 e. The fourth-order valence-electron chi connectivity index (χ4n) is 1.61. The SMILES string of the molecule is CCOc1cc(NCc2sccc2C)nc(C)n1. The van der Waals surface area contributed by atoms with Gasteiger partial charge in [0.15, 0.2) is 0 Å². The molecule has 0 aliphatic carbocycles. The van der Waals surface area contributed by atoms with Gasteiger partial charge in [0, 0.05) is 10.9 Å². The molecule has 0 saturated heterocycles. The van der Waals surface area contributed by atoms with Gasteiger partial charge in [0.05, 0.1) is 13.2 Å². The molecule has 1 N–H and O–H groups in total. The number of thiophene rings is 1. The van der Waals surface area contributed by atoms with Crippen LogP contribution in [0, 0.1) is 13.8 Å². The third-order valence-electron chi connectivity index (χ3n) is 2.50. The van der Waals surface area contributed by atoms with Crippen LogP contribution in [-0.4, -0.2) is 16.6 Å². The normalized spacial score (nSPS) is 10.4. The van der Waals surface area contributed by atoms with E-state index in [1.54, 1.807) is 11.3 Å². The summed E-state index contributed by atoms with van der Waals surface area (Å²) in [6, 6.07) is 3.96. The fraction of sp³-hybridized carbons (Fsp3) is 0.385. The van der Waals surface area contributed by atoms with Crippen LogP contribution >= 0.6 is 11.3 Å². The number of ether oxygens (including phenoxy) is 1. The van der Waals surface area contributed by atoms with Crippen LogP contribution in [-0.2, 0) is 6.54 Å². The Kier molecular flexibility index (Phi) is 4.15. The largest absolute Gasteiger partial charge is 0.478 e. The summed E-state index contributed by atoms with van der Waals surface area (Å²) in [6.45, 7) is 7.32. The van der Waals surface area contributed by atoms with Gasteiger partial charge in [-0.2, -0.15) is 4.98 Å². The minimum atomic E-state index is 0.611. The minimum Gasteiger partial charge on any atom is -0.478 e. The van der Waals surface area contributed by atoms with Crippen molar-refractivity contribution >= 4 is 17.2 Å². The van der Waals surface area contributed by atoms with Crippen molar-refractivity contribution in [3.63, 3.8) is 0 Å². The summed E-state index contributed by atoms with van der Waals surface area (Å²) >= 11 is 1.75. The highest BCUT2D eigenvalue weighted by Gasteiger charge is 2.04. The Balaban J connectivity index is 2.07. The van der Waals surface area contributed by atoms with Crippen LogP contribution in [0.3, 0.4) is 0 Å². The van der Waals surface area contributed by atoms with Crippen molar-refractivity contribution in [2.24, 2.45) is 0 Å². The molecule has 2 heterocycles. The van der Waals surface area contributed by atoms with Gasteiger partial charge in [0.2, 0.25) is 5.88 Å². The maximum absolute atomic E-state index is 5.40. The number of hydrogen-bond acceptors (Lipinski definition) is 5. The molecule has 0 spiro atoms. The Morgan fingerprint density at radius 2 is 2.17 bits per heavy atom. The van der Waals surface area contributed by atoms with Crippen molar-refractivity contribution < 1.29 is 4.74 Å². The molecule has 0 saturated carbocycles. The quantitative estimate of drug-likeness (QED) is 0.900. The summed E-state index contributed by atoms with van der Waals surface area (Å²) in [5.41, 5.74) is 1.31. The number of aromatic nitrogens is 2. The van der Waals surface area contributed by atoms with Gasteiger partial charge in [-0.15, -0.1) is 11.3 Å².